The number of fused-ring (bicyclic) bond motifs is 1. The molecule has 1 saturated heterocycles. The van der Waals surface area contributed by atoms with E-state index in [0.29, 0.717) is 30.8 Å². The van der Waals surface area contributed by atoms with Gasteiger partial charge in [0, 0.05) is 43.7 Å². The van der Waals surface area contributed by atoms with Crippen LogP contribution in [0.5, 0.6) is 0 Å². The van der Waals surface area contributed by atoms with Crippen molar-refractivity contribution in [3.63, 3.8) is 0 Å². The van der Waals surface area contributed by atoms with Crippen molar-refractivity contribution in [2.75, 3.05) is 33.2 Å². The Morgan fingerprint density at radius 1 is 1.13 bits per heavy atom. The lowest BCUT2D eigenvalue weighted by molar-refractivity contribution is 0.0665. The van der Waals surface area contributed by atoms with Crippen molar-refractivity contribution in [2.45, 2.75) is 20.4 Å². The Morgan fingerprint density at radius 3 is 2.43 bits per heavy atom. The van der Waals surface area contributed by atoms with Gasteiger partial charge in [-0.05, 0) is 27.0 Å². The number of para-hydroxylation sites is 1. The fourth-order valence-electron chi connectivity index (χ4n) is 3.30. The third-order valence-electron chi connectivity index (χ3n) is 4.73. The summed E-state index contributed by atoms with van der Waals surface area (Å²) < 4.78 is 1.74. The van der Waals surface area contributed by atoms with E-state index in [-0.39, 0.29) is 11.5 Å². The zero-order valence-electron chi connectivity index (χ0n) is 14.0. The first-order valence-corrected chi connectivity index (χ1v) is 8.14. The third-order valence-corrected chi connectivity index (χ3v) is 4.73. The molecule has 2 heterocycles. The van der Waals surface area contributed by atoms with Crippen molar-refractivity contribution in [2.24, 2.45) is 0 Å². The molecule has 0 aliphatic carbocycles. The topological polar surface area (TPSA) is 45.6 Å². The zero-order chi connectivity index (χ0) is 16.6. The number of aromatic nitrogens is 1. The maximum atomic E-state index is 13.1. The summed E-state index contributed by atoms with van der Waals surface area (Å²) in [6.07, 6.45) is 0. The number of likely N-dealkylation sites (N-methyl/N-ethyl adjacent to an activating group) is 1. The van der Waals surface area contributed by atoms with Crippen LogP contribution in [-0.4, -0.2) is 53.5 Å². The number of carbonyl (C=O) groups is 1. The van der Waals surface area contributed by atoms with Crippen LogP contribution in [-0.2, 0) is 6.54 Å². The Labute approximate surface area is 136 Å². The molecule has 3 rings (SSSR count). The van der Waals surface area contributed by atoms with Gasteiger partial charge in [-0.25, -0.2) is 0 Å². The van der Waals surface area contributed by atoms with Crippen LogP contribution in [0.2, 0.25) is 0 Å². The SMILES string of the molecule is CCn1c(=O)c(C)c(C(=O)N2CCN(C)CC2)c2ccccc21. The van der Waals surface area contributed by atoms with Gasteiger partial charge in [0.2, 0.25) is 0 Å². The summed E-state index contributed by atoms with van der Waals surface area (Å²) >= 11 is 0. The number of nitrogens with zero attached hydrogens (tertiary/aromatic N) is 3. The highest BCUT2D eigenvalue weighted by Crippen LogP contribution is 2.22. The molecule has 23 heavy (non-hydrogen) atoms. The Hall–Kier alpha value is -2.14. The summed E-state index contributed by atoms with van der Waals surface area (Å²) in [5, 5.41) is 0.871. The minimum absolute atomic E-state index is 0.0212. The monoisotopic (exact) mass is 313 g/mol. The van der Waals surface area contributed by atoms with Gasteiger partial charge >= 0.3 is 0 Å². The minimum atomic E-state index is -0.0660. The average Bonchev–Trinajstić information content (AvgIpc) is 2.56. The second kappa shape index (κ2) is 6.16. The van der Waals surface area contributed by atoms with E-state index in [4.69, 9.17) is 0 Å². The minimum Gasteiger partial charge on any atom is -0.336 e. The zero-order valence-corrected chi connectivity index (χ0v) is 14.0. The molecule has 5 nitrogen and oxygen atoms in total. The van der Waals surface area contributed by atoms with Gasteiger partial charge in [-0.1, -0.05) is 18.2 Å². The lowest BCUT2D eigenvalue weighted by Crippen LogP contribution is -2.47. The van der Waals surface area contributed by atoms with Gasteiger partial charge in [0.05, 0.1) is 11.1 Å². The van der Waals surface area contributed by atoms with E-state index in [2.05, 4.69) is 11.9 Å². The predicted octanol–water partition coefficient (Wildman–Crippen LogP) is 1.72. The van der Waals surface area contributed by atoms with E-state index in [0.717, 1.165) is 24.0 Å². The van der Waals surface area contributed by atoms with Crippen LogP contribution in [0.15, 0.2) is 29.1 Å². The van der Waals surface area contributed by atoms with E-state index >= 15 is 0 Å². The number of hydrogen-bond acceptors (Lipinski definition) is 3. The molecular formula is C18H23N3O2. The van der Waals surface area contributed by atoms with E-state index in [9.17, 15) is 9.59 Å². The van der Waals surface area contributed by atoms with Gasteiger partial charge in [-0.2, -0.15) is 0 Å². The molecule has 122 valence electrons. The number of aryl methyl sites for hydroxylation is 1. The number of pyridine rings is 1. The second-order valence-corrected chi connectivity index (χ2v) is 6.16. The second-order valence-electron chi connectivity index (χ2n) is 6.16. The Morgan fingerprint density at radius 2 is 1.78 bits per heavy atom. The Kier molecular flexibility index (Phi) is 4.22. The summed E-state index contributed by atoms with van der Waals surface area (Å²) in [5.41, 5.74) is 1.89. The maximum absolute atomic E-state index is 13.1. The summed E-state index contributed by atoms with van der Waals surface area (Å²) in [4.78, 5) is 29.8. The van der Waals surface area contributed by atoms with Gasteiger partial charge in [0.1, 0.15) is 0 Å². The van der Waals surface area contributed by atoms with Crippen LogP contribution in [0.25, 0.3) is 10.9 Å². The van der Waals surface area contributed by atoms with Crippen molar-refractivity contribution in [1.82, 2.24) is 14.4 Å². The molecule has 5 heteroatoms. The molecule has 1 aromatic carbocycles. The van der Waals surface area contributed by atoms with E-state index in [1.165, 1.54) is 0 Å². The highest BCUT2D eigenvalue weighted by molar-refractivity contribution is 6.07. The summed E-state index contributed by atoms with van der Waals surface area (Å²) in [7, 11) is 2.06. The number of piperazine rings is 1. The lowest BCUT2D eigenvalue weighted by atomic mass is 10.0. The predicted molar refractivity (Wildman–Crippen MR) is 92.0 cm³/mol. The first kappa shape index (κ1) is 15.7. The Balaban J connectivity index is 2.16. The molecule has 1 fully saturated rings. The molecule has 1 amide bonds. The number of amides is 1. The summed E-state index contributed by atoms with van der Waals surface area (Å²) in [6.45, 7) is 7.48. The Bertz CT molecular complexity index is 802. The molecule has 0 spiro atoms. The van der Waals surface area contributed by atoms with E-state index in [1.807, 2.05) is 36.1 Å². The molecule has 0 unspecified atom stereocenters. The van der Waals surface area contributed by atoms with Gasteiger partial charge < -0.3 is 14.4 Å². The summed E-state index contributed by atoms with van der Waals surface area (Å²) in [6, 6.07) is 7.69. The van der Waals surface area contributed by atoms with E-state index in [1.54, 1.807) is 11.5 Å². The van der Waals surface area contributed by atoms with Crippen molar-refractivity contribution in [3.8, 4) is 0 Å². The molecule has 1 aliphatic rings. The highest BCUT2D eigenvalue weighted by atomic mass is 16.2. The standard InChI is InChI=1S/C18H23N3O2/c1-4-21-15-8-6-5-7-14(15)16(13(2)17(21)22)18(23)20-11-9-19(3)10-12-20/h5-8H,4,9-12H2,1-3H3. The van der Waals surface area contributed by atoms with Gasteiger partial charge in [0.25, 0.3) is 11.5 Å². The quantitative estimate of drug-likeness (QED) is 0.848. The molecule has 0 atom stereocenters. The van der Waals surface area contributed by atoms with E-state index < -0.39 is 0 Å². The molecule has 2 aromatic rings. The molecule has 1 aromatic heterocycles. The molecule has 0 N–H and O–H groups in total. The number of carbonyl (C=O) groups excluding carboxylic acids is 1. The van der Waals surface area contributed by atoms with Crippen molar-refractivity contribution >= 4 is 16.8 Å². The van der Waals surface area contributed by atoms with Crippen LogP contribution in [0, 0.1) is 6.92 Å². The average molecular weight is 313 g/mol. The van der Waals surface area contributed by atoms with Crippen molar-refractivity contribution in [3.05, 3.63) is 45.7 Å². The fourth-order valence-corrected chi connectivity index (χ4v) is 3.30. The highest BCUT2D eigenvalue weighted by Gasteiger charge is 2.25. The molecule has 0 radical (unpaired) electrons. The van der Waals surface area contributed by atoms with Gasteiger partial charge in [-0.3, -0.25) is 9.59 Å². The number of hydrogen-bond donors (Lipinski definition) is 0. The molecule has 1 aliphatic heterocycles. The largest absolute Gasteiger partial charge is 0.336 e. The van der Waals surface area contributed by atoms with Crippen LogP contribution < -0.4 is 5.56 Å². The molecule has 0 bridgehead atoms. The molecular weight excluding hydrogens is 290 g/mol. The molecule has 0 saturated carbocycles. The van der Waals surface area contributed by atoms with Gasteiger partial charge in [-0.15, -0.1) is 0 Å². The first-order valence-electron chi connectivity index (χ1n) is 8.14. The van der Waals surface area contributed by atoms with Crippen LogP contribution in [0.4, 0.5) is 0 Å². The smallest absolute Gasteiger partial charge is 0.255 e. The number of rotatable bonds is 2. The van der Waals surface area contributed by atoms with Crippen molar-refractivity contribution < 1.29 is 4.79 Å². The lowest BCUT2D eigenvalue weighted by Gasteiger charge is -2.33. The van der Waals surface area contributed by atoms with Crippen molar-refractivity contribution in [1.29, 1.82) is 0 Å². The van der Waals surface area contributed by atoms with Gasteiger partial charge in [0.15, 0.2) is 0 Å². The van der Waals surface area contributed by atoms with Crippen LogP contribution >= 0.6 is 0 Å². The summed E-state index contributed by atoms with van der Waals surface area (Å²) in [5.74, 6) is -0.0212. The normalized spacial score (nSPS) is 16.0. The maximum Gasteiger partial charge on any atom is 0.255 e. The van der Waals surface area contributed by atoms with Crippen LogP contribution in [0.1, 0.15) is 22.8 Å². The third kappa shape index (κ3) is 2.65. The number of benzene rings is 1. The fraction of sp³-hybridized carbons (Fsp3) is 0.444. The first-order chi connectivity index (χ1) is 11.0. The van der Waals surface area contributed by atoms with Crippen LogP contribution in [0.3, 0.4) is 0 Å².